The molecule has 2 heterocycles. The van der Waals surface area contributed by atoms with E-state index in [9.17, 15) is 0 Å². The van der Waals surface area contributed by atoms with Gasteiger partial charge in [-0.2, -0.15) is 11.8 Å². The summed E-state index contributed by atoms with van der Waals surface area (Å²) in [5.74, 6) is 2.70. The van der Waals surface area contributed by atoms with Crippen LogP contribution in [0.3, 0.4) is 0 Å². The van der Waals surface area contributed by atoms with E-state index in [1.54, 1.807) is 11.8 Å². The third-order valence-electron chi connectivity index (χ3n) is 2.14. The minimum Gasteiger partial charge on any atom is -0.362 e. The molecule has 0 aliphatic carbocycles. The summed E-state index contributed by atoms with van der Waals surface area (Å²) < 4.78 is 0. The summed E-state index contributed by atoms with van der Waals surface area (Å²) in [5.41, 5.74) is 0.915. The molecule has 0 aliphatic heterocycles. The monoisotopic (exact) mass is 222 g/mol. The normalized spacial score (nSPS) is 10.9. The maximum atomic E-state index is 4.54. The highest BCUT2D eigenvalue weighted by Crippen LogP contribution is 2.22. The van der Waals surface area contributed by atoms with Crippen molar-refractivity contribution in [1.29, 1.82) is 0 Å². The summed E-state index contributed by atoms with van der Waals surface area (Å²) in [6.07, 6.45) is 3.95. The molecule has 0 aliphatic rings. The van der Waals surface area contributed by atoms with Crippen molar-refractivity contribution in [2.24, 2.45) is 0 Å². The van der Waals surface area contributed by atoms with Crippen LogP contribution in [0.25, 0.3) is 11.0 Å². The van der Waals surface area contributed by atoms with E-state index >= 15 is 0 Å². The van der Waals surface area contributed by atoms with Crippen LogP contribution in [0.4, 0.5) is 5.82 Å². The van der Waals surface area contributed by atoms with Gasteiger partial charge in [0.05, 0.1) is 11.1 Å². The van der Waals surface area contributed by atoms with Crippen LogP contribution in [-0.4, -0.2) is 35.3 Å². The topological polar surface area (TPSA) is 44.8 Å². The molecule has 1 N–H and O–H groups in total. The van der Waals surface area contributed by atoms with Crippen molar-refractivity contribution in [3.05, 3.63) is 18.1 Å². The molecule has 0 fully saturated rings. The van der Waals surface area contributed by atoms with Gasteiger partial charge in [0, 0.05) is 20.3 Å². The number of H-pyrrole nitrogens is 1. The van der Waals surface area contributed by atoms with Crippen molar-refractivity contribution in [2.45, 2.75) is 5.75 Å². The van der Waals surface area contributed by atoms with Crippen LogP contribution in [0.1, 0.15) is 5.82 Å². The van der Waals surface area contributed by atoms with Crippen molar-refractivity contribution in [3.63, 3.8) is 0 Å². The molecule has 0 spiro atoms. The molecule has 2 aromatic rings. The first-order valence-corrected chi connectivity index (χ1v) is 6.12. The van der Waals surface area contributed by atoms with Gasteiger partial charge in [-0.1, -0.05) is 0 Å². The first-order valence-electron chi connectivity index (χ1n) is 4.72. The number of fused-ring (bicyclic) bond motifs is 1. The predicted molar refractivity (Wildman–Crippen MR) is 65.4 cm³/mol. The Bertz CT molecular complexity index is 463. The standard InChI is InChI=1S/C10H14N4S/c1-14(2)10-7-4-5-11-9(7)12-8(13-10)6-15-3/h4-5H,6H2,1-3H3,(H,11,12,13). The maximum Gasteiger partial charge on any atom is 0.143 e. The molecule has 0 amide bonds. The number of hydrogen-bond acceptors (Lipinski definition) is 4. The lowest BCUT2D eigenvalue weighted by molar-refractivity contribution is 1.00. The van der Waals surface area contributed by atoms with E-state index in [1.807, 2.05) is 31.3 Å². The SMILES string of the molecule is CSCc1nc(N(C)C)c2cc[nH]c2n1. The average Bonchev–Trinajstić information content (AvgIpc) is 2.64. The summed E-state index contributed by atoms with van der Waals surface area (Å²) in [4.78, 5) is 14.1. The Hall–Kier alpha value is -1.23. The largest absolute Gasteiger partial charge is 0.362 e. The van der Waals surface area contributed by atoms with Crippen molar-refractivity contribution in [1.82, 2.24) is 15.0 Å². The Kier molecular flexibility index (Phi) is 2.81. The summed E-state index contributed by atoms with van der Waals surface area (Å²) >= 11 is 1.73. The van der Waals surface area contributed by atoms with Gasteiger partial charge in [0.2, 0.25) is 0 Å². The van der Waals surface area contributed by atoms with Crippen molar-refractivity contribution < 1.29 is 0 Å². The Morgan fingerprint density at radius 1 is 1.40 bits per heavy atom. The van der Waals surface area contributed by atoms with Gasteiger partial charge in [-0.15, -0.1) is 0 Å². The third-order valence-corrected chi connectivity index (χ3v) is 2.69. The number of hydrogen-bond donors (Lipinski definition) is 1. The average molecular weight is 222 g/mol. The number of thioether (sulfide) groups is 1. The zero-order chi connectivity index (χ0) is 10.8. The second-order valence-corrected chi connectivity index (χ2v) is 4.40. The molecule has 0 bridgehead atoms. The van der Waals surface area contributed by atoms with Gasteiger partial charge in [-0.25, -0.2) is 9.97 Å². The summed E-state index contributed by atoms with van der Waals surface area (Å²) in [6, 6.07) is 2.01. The number of rotatable bonds is 3. The fraction of sp³-hybridized carbons (Fsp3) is 0.400. The van der Waals surface area contributed by atoms with Crippen LogP contribution in [0.5, 0.6) is 0 Å². The molecule has 0 atom stereocenters. The Morgan fingerprint density at radius 2 is 2.20 bits per heavy atom. The molecule has 15 heavy (non-hydrogen) atoms. The third kappa shape index (κ3) is 1.92. The smallest absolute Gasteiger partial charge is 0.143 e. The van der Waals surface area contributed by atoms with Gasteiger partial charge in [0.1, 0.15) is 17.3 Å². The molecule has 0 saturated carbocycles. The van der Waals surface area contributed by atoms with E-state index in [0.29, 0.717) is 0 Å². The second kappa shape index (κ2) is 4.10. The van der Waals surface area contributed by atoms with Crippen LogP contribution in [-0.2, 0) is 5.75 Å². The fourth-order valence-electron chi connectivity index (χ4n) is 1.50. The van der Waals surface area contributed by atoms with Crippen LogP contribution >= 0.6 is 11.8 Å². The fourth-order valence-corrected chi connectivity index (χ4v) is 1.89. The predicted octanol–water partition coefficient (Wildman–Crippen LogP) is 1.89. The molecule has 0 radical (unpaired) electrons. The molecule has 0 unspecified atom stereocenters. The van der Waals surface area contributed by atoms with Crippen molar-refractivity contribution in [3.8, 4) is 0 Å². The number of aromatic amines is 1. The first-order chi connectivity index (χ1) is 7.22. The van der Waals surface area contributed by atoms with E-state index < -0.39 is 0 Å². The van der Waals surface area contributed by atoms with Gasteiger partial charge in [0.25, 0.3) is 0 Å². The number of aromatic nitrogens is 3. The molecular weight excluding hydrogens is 208 g/mol. The second-order valence-electron chi connectivity index (χ2n) is 3.53. The van der Waals surface area contributed by atoms with Gasteiger partial charge < -0.3 is 9.88 Å². The molecule has 4 nitrogen and oxygen atoms in total. The lowest BCUT2D eigenvalue weighted by Gasteiger charge is -2.13. The van der Waals surface area contributed by atoms with Crippen LogP contribution in [0.15, 0.2) is 12.3 Å². The maximum absolute atomic E-state index is 4.54. The molecule has 0 saturated heterocycles. The Morgan fingerprint density at radius 3 is 2.87 bits per heavy atom. The summed E-state index contributed by atoms with van der Waals surface area (Å²) in [5, 5.41) is 1.07. The van der Waals surface area contributed by atoms with E-state index in [1.165, 1.54) is 0 Å². The Labute approximate surface area is 93.1 Å². The van der Waals surface area contributed by atoms with Crippen LogP contribution in [0, 0.1) is 0 Å². The van der Waals surface area contributed by atoms with Gasteiger partial charge in [0.15, 0.2) is 0 Å². The first kappa shape index (κ1) is 10.3. The van der Waals surface area contributed by atoms with Crippen LogP contribution < -0.4 is 4.90 Å². The van der Waals surface area contributed by atoms with Crippen LogP contribution in [0.2, 0.25) is 0 Å². The van der Waals surface area contributed by atoms with E-state index in [-0.39, 0.29) is 0 Å². The van der Waals surface area contributed by atoms with Crippen molar-refractivity contribution in [2.75, 3.05) is 25.3 Å². The van der Waals surface area contributed by atoms with E-state index in [4.69, 9.17) is 0 Å². The van der Waals surface area contributed by atoms with E-state index in [0.717, 1.165) is 28.4 Å². The van der Waals surface area contributed by atoms with Crippen molar-refractivity contribution >= 4 is 28.6 Å². The Balaban J connectivity index is 2.58. The molecule has 80 valence electrons. The molecular formula is C10H14N4S. The molecule has 5 heteroatoms. The highest BCUT2D eigenvalue weighted by molar-refractivity contribution is 7.97. The zero-order valence-electron chi connectivity index (χ0n) is 9.11. The van der Waals surface area contributed by atoms with Gasteiger partial charge in [-0.3, -0.25) is 0 Å². The number of anilines is 1. The van der Waals surface area contributed by atoms with Gasteiger partial charge >= 0.3 is 0 Å². The minimum atomic E-state index is 0.843. The summed E-state index contributed by atoms with van der Waals surface area (Å²) in [6.45, 7) is 0. The minimum absolute atomic E-state index is 0.843. The summed E-state index contributed by atoms with van der Waals surface area (Å²) in [7, 11) is 4.00. The highest BCUT2D eigenvalue weighted by Gasteiger charge is 2.09. The zero-order valence-corrected chi connectivity index (χ0v) is 9.93. The number of nitrogens with zero attached hydrogens (tertiary/aromatic N) is 3. The molecule has 0 aromatic carbocycles. The quantitative estimate of drug-likeness (QED) is 0.861. The molecule has 2 aromatic heterocycles. The van der Waals surface area contributed by atoms with Gasteiger partial charge in [-0.05, 0) is 12.3 Å². The lowest BCUT2D eigenvalue weighted by atomic mass is 10.3. The molecule has 2 rings (SSSR count). The number of nitrogens with one attached hydrogen (secondary N) is 1. The lowest BCUT2D eigenvalue weighted by Crippen LogP contribution is -2.12. The van der Waals surface area contributed by atoms with E-state index in [2.05, 4.69) is 21.2 Å². The highest BCUT2D eigenvalue weighted by atomic mass is 32.2.